The number of ether oxygens (including phenoxy) is 1. The average Bonchev–Trinajstić information content (AvgIpc) is 3.29. The van der Waals surface area contributed by atoms with E-state index < -0.39 is 0 Å². The van der Waals surface area contributed by atoms with Crippen LogP contribution in [0.2, 0.25) is 0 Å². The van der Waals surface area contributed by atoms with E-state index in [-0.39, 0.29) is 5.91 Å². The minimum absolute atomic E-state index is 0.199. The van der Waals surface area contributed by atoms with Crippen LogP contribution >= 0.6 is 11.3 Å². The van der Waals surface area contributed by atoms with Crippen molar-refractivity contribution in [3.8, 4) is 16.5 Å². The third kappa shape index (κ3) is 4.02. The lowest BCUT2D eigenvalue weighted by Gasteiger charge is -2.06. The molecule has 0 atom stereocenters. The predicted octanol–water partition coefficient (Wildman–Crippen LogP) is 4.12. The van der Waals surface area contributed by atoms with E-state index in [1.54, 1.807) is 17.7 Å². The van der Waals surface area contributed by atoms with Gasteiger partial charge in [-0.15, -0.1) is 11.3 Å². The molecule has 24 heavy (non-hydrogen) atoms. The number of furan rings is 1. The number of aromatic nitrogens is 1. The molecule has 1 N–H and O–H groups in total. The third-order valence-corrected chi connectivity index (χ3v) is 4.17. The van der Waals surface area contributed by atoms with Crippen LogP contribution in [-0.4, -0.2) is 17.5 Å². The first-order valence-corrected chi connectivity index (χ1v) is 8.63. The van der Waals surface area contributed by atoms with Crippen LogP contribution in [0.5, 0.6) is 5.75 Å². The number of hydrogen-bond acceptors (Lipinski definition) is 5. The number of carbonyl (C=O) groups excluding carboxylic acids is 1. The molecule has 0 radical (unpaired) electrons. The fourth-order valence-corrected chi connectivity index (χ4v) is 2.85. The summed E-state index contributed by atoms with van der Waals surface area (Å²) in [5.41, 5.74) is 1.41. The molecule has 1 aromatic carbocycles. The maximum atomic E-state index is 12.2. The van der Waals surface area contributed by atoms with Gasteiger partial charge in [0, 0.05) is 11.9 Å². The second-order valence-electron chi connectivity index (χ2n) is 5.19. The van der Waals surface area contributed by atoms with Crippen molar-refractivity contribution in [2.45, 2.75) is 19.9 Å². The first-order chi connectivity index (χ1) is 11.8. The van der Waals surface area contributed by atoms with Gasteiger partial charge in [-0.2, -0.15) is 0 Å². The molecule has 0 unspecified atom stereocenters. The number of benzene rings is 1. The molecule has 0 saturated heterocycles. The Labute approximate surface area is 144 Å². The third-order valence-electron chi connectivity index (χ3n) is 3.32. The topological polar surface area (TPSA) is 64.4 Å². The van der Waals surface area contributed by atoms with Crippen molar-refractivity contribution >= 4 is 17.2 Å². The number of carbonyl (C=O) groups is 1. The molecule has 0 saturated carbocycles. The Balaban J connectivity index is 1.55. The fourth-order valence-electron chi connectivity index (χ4n) is 2.09. The van der Waals surface area contributed by atoms with Gasteiger partial charge in [0.25, 0.3) is 5.91 Å². The van der Waals surface area contributed by atoms with E-state index in [9.17, 15) is 4.79 Å². The molecule has 0 aliphatic carbocycles. The van der Waals surface area contributed by atoms with Crippen molar-refractivity contribution in [2.75, 3.05) is 6.61 Å². The Kier molecular flexibility index (Phi) is 5.28. The molecule has 0 bridgehead atoms. The summed E-state index contributed by atoms with van der Waals surface area (Å²) in [6, 6.07) is 11.3. The smallest absolute Gasteiger partial charge is 0.271 e. The lowest BCUT2D eigenvalue weighted by molar-refractivity contribution is 0.0946. The minimum Gasteiger partial charge on any atom is -0.494 e. The minimum atomic E-state index is -0.199. The Morgan fingerprint density at radius 2 is 2.12 bits per heavy atom. The van der Waals surface area contributed by atoms with Gasteiger partial charge in [-0.25, -0.2) is 4.98 Å². The van der Waals surface area contributed by atoms with Gasteiger partial charge in [0.05, 0.1) is 12.9 Å². The zero-order chi connectivity index (χ0) is 16.8. The normalized spacial score (nSPS) is 10.5. The van der Waals surface area contributed by atoms with E-state index in [1.165, 1.54) is 11.3 Å². The summed E-state index contributed by atoms with van der Waals surface area (Å²) in [7, 11) is 0. The van der Waals surface area contributed by atoms with Crippen molar-refractivity contribution in [3.63, 3.8) is 0 Å². The van der Waals surface area contributed by atoms with Gasteiger partial charge in [0.15, 0.2) is 10.8 Å². The summed E-state index contributed by atoms with van der Waals surface area (Å²) in [4.78, 5) is 16.5. The number of thiazole rings is 1. The quantitative estimate of drug-likeness (QED) is 0.701. The lowest BCUT2D eigenvalue weighted by Crippen LogP contribution is -2.23. The zero-order valence-electron chi connectivity index (χ0n) is 13.3. The molecule has 2 aromatic heterocycles. The Morgan fingerprint density at radius 1 is 1.29 bits per heavy atom. The predicted molar refractivity (Wildman–Crippen MR) is 93.2 cm³/mol. The van der Waals surface area contributed by atoms with Crippen molar-refractivity contribution in [3.05, 3.63) is 59.3 Å². The van der Waals surface area contributed by atoms with Crippen molar-refractivity contribution in [2.24, 2.45) is 0 Å². The SMILES string of the molecule is CCCOc1ccc(CNC(=O)c2csc(-c3ccco3)n2)cc1. The Morgan fingerprint density at radius 3 is 2.83 bits per heavy atom. The summed E-state index contributed by atoms with van der Waals surface area (Å²) in [5.74, 6) is 1.31. The molecule has 124 valence electrons. The van der Waals surface area contributed by atoms with Gasteiger partial charge in [0.1, 0.15) is 11.4 Å². The van der Waals surface area contributed by atoms with Gasteiger partial charge in [-0.1, -0.05) is 19.1 Å². The molecular formula is C18H18N2O3S. The highest BCUT2D eigenvalue weighted by Crippen LogP contribution is 2.23. The number of nitrogens with one attached hydrogen (secondary N) is 1. The van der Waals surface area contributed by atoms with E-state index in [2.05, 4.69) is 17.2 Å². The summed E-state index contributed by atoms with van der Waals surface area (Å²) in [6.45, 7) is 3.22. The van der Waals surface area contributed by atoms with Crippen molar-refractivity contribution in [1.82, 2.24) is 10.3 Å². The molecule has 6 heteroatoms. The molecule has 1 amide bonds. The fraction of sp³-hybridized carbons (Fsp3) is 0.222. The number of rotatable bonds is 7. The van der Waals surface area contributed by atoms with E-state index in [1.807, 2.05) is 30.3 Å². The molecule has 2 heterocycles. The molecule has 0 spiro atoms. The number of amides is 1. The highest BCUT2D eigenvalue weighted by Gasteiger charge is 2.12. The van der Waals surface area contributed by atoms with Gasteiger partial charge in [0.2, 0.25) is 0 Å². The summed E-state index contributed by atoms with van der Waals surface area (Å²) in [6.07, 6.45) is 2.57. The molecule has 0 aliphatic rings. The van der Waals surface area contributed by atoms with Crippen LogP contribution in [-0.2, 0) is 6.54 Å². The van der Waals surface area contributed by atoms with Crippen LogP contribution in [0, 0.1) is 0 Å². The van der Waals surface area contributed by atoms with Crippen molar-refractivity contribution < 1.29 is 13.9 Å². The second kappa shape index (κ2) is 7.79. The first kappa shape index (κ1) is 16.3. The summed E-state index contributed by atoms with van der Waals surface area (Å²) >= 11 is 1.38. The van der Waals surface area contributed by atoms with E-state index in [4.69, 9.17) is 9.15 Å². The largest absolute Gasteiger partial charge is 0.494 e. The van der Waals surface area contributed by atoms with E-state index in [0.29, 0.717) is 29.6 Å². The molecule has 3 rings (SSSR count). The highest BCUT2D eigenvalue weighted by atomic mass is 32.1. The van der Waals surface area contributed by atoms with E-state index >= 15 is 0 Å². The molecular weight excluding hydrogens is 324 g/mol. The van der Waals surface area contributed by atoms with E-state index in [0.717, 1.165) is 17.7 Å². The number of hydrogen-bond donors (Lipinski definition) is 1. The van der Waals surface area contributed by atoms with Crippen LogP contribution < -0.4 is 10.1 Å². The monoisotopic (exact) mass is 342 g/mol. The van der Waals surface area contributed by atoms with Crippen LogP contribution in [0.15, 0.2) is 52.5 Å². The lowest BCUT2D eigenvalue weighted by atomic mass is 10.2. The van der Waals surface area contributed by atoms with Crippen molar-refractivity contribution in [1.29, 1.82) is 0 Å². The zero-order valence-corrected chi connectivity index (χ0v) is 14.1. The average molecular weight is 342 g/mol. The summed E-state index contributed by atoms with van der Waals surface area (Å²) in [5, 5.41) is 5.30. The molecule has 3 aromatic rings. The molecule has 0 fully saturated rings. The molecule has 0 aliphatic heterocycles. The standard InChI is InChI=1S/C18H18N2O3S/c1-2-9-22-14-7-5-13(6-8-14)11-19-17(21)15-12-24-18(20-15)16-4-3-10-23-16/h3-8,10,12H,2,9,11H2,1H3,(H,19,21). The van der Waals surface area contributed by atoms with Crippen LogP contribution in [0.4, 0.5) is 0 Å². The maximum absolute atomic E-state index is 12.2. The molecule has 5 nitrogen and oxygen atoms in total. The number of nitrogens with zero attached hydrogens (tertiary/aromatic N) is 1. The van der Waals surface area contributed by atoms with Crippen LogP contribution in [0.25, 0.3) is 10.8 Å². The second-order valence-corrected chi connectivity index (χ2v) is 6.05. The van der Waals surface area contributed by atoms with Gasteiger partial charge >= 0.3 is 0 Å². The Hall–Kier alpha value is -2.60. The van der Waals surface area contributed by atoms with Gasteiger partial charge in [-0.3, -0.25) is 4.79 Å². The Bertz CT molecular complexity index is 779. The van der Waals surface area contributed by atoms with Gasteiger partial charge in [-0.05, 0) is 36.2 Å². The summed E-state index contributed by atoms with van der Waals surface area (Å²) < 4.78 is 10.8. The van der Waals surface area contributed by atoms with Crippen LogP contribution in [0.3, 0.4) is 0 Å². The first-order valence-electron chi connectivity index (χ1n) is 7.75. The maximum Gasteiger partial charge on any atom is 0.271 e. The van der Waals surface area contributed by atoms with Crippen LogP contribution in [0.1, 0.15) is 29.4 Å². The highest BCUT2D eigenvalue weighted by molar-refractivity contribution is 7.13. The van der Waals surface area contributed by atoms with Gasteiger partial charge < -0.3 is 14.5 Å².